The molecule has 7 atom stereocenters. The third-order valence-corrected chi connectivity index (χ3v) is 8.18. The van der Waals surface area contributed by atoms with Gasteiger partial charge in [-0.1, -0.05) is 24.3 Å². The number of esters is 1. The highest BCUT2D eigenvalue weighted by atomic mass is 19.1. The molecule has 2 aromatic rings. The predicted octanol–water partition coefficient (Wildman–Crippen LogP) is 5.63. The largest absolute Gasteiger partial charge is 0.462 e. The molecule has 1 amide bonds. The smallest absolute Gasteiger partial charge is 0.407 e. The highest BCUT2D eigenvalue weighted by molar-refractivity contribution is 5.75. The number of rotatable bonds is 5. The molecule has 2 heterocycles. The first-order valence-corrected chi connectivity index (χ1v) is 13.0. The van der Waals surface area contributed by atoms with Crippen molar-refractivity contribution in [2.24, 2.45) is 29.6 Å². The summed E-state index contributed by atoms with van der Waals surface area (Å²) in [4.78, 5) is 29.2. The van der Waals surface area contributed by atoms with Crippen molar-refractivity contribution in [3.8, 4) is 11.1 Å². The summed E-state index contributed by atoms with van der Waals surface area (Å²) < 4.78 is 24.3. The summed E-state index contributed by atoms with van der Waals surface area (Å²) >= 11 is 0. The number of cyclic esters (lactones) is 1. The molecular formula is C29H33FN2O4. The molecule has 0 unspecified atom stereocenters. The fraction of sp³-hybridized carbons (Fsp3) is 0.483. The summed E-state index contributed by atoms with van der Waals surface area (Å²) in [6, 6.07) is 10.4. The zero-order chi connectivity index (χ0) is 25.2. The minimum Gasteiger partial charge on any atom is -0.462 e. The lowest BCUT2D eigenvalue weighted by Gasteiger charge is -2.47. The van der Waals surface area contributed by atoms with E-state index in [1.807, 2.05) is 31.2 Å². The molecule has 7 heteroatoms. The quantitative estimate of drug-likeness (QED) is 0.548. The normalized spacial score (nSPS) is 31.4. The lowest BCUT2D eigenvalue weighted by atomic mass is 9.57. The van der Waals surface area contributed by atoms with Crippen LogP contribution in [0, 0.1) is 35.4 Å². The Kier molecular flexibility index (Phi) is 7.08. The fourth-order valence-electron chi connectivity index (χ4n) is 6.64. The van der Waals surface area contributed by atoms with Crippen molar-refractivity contribution >= 4 is 18.1 Å². The third-order valence-electron chi connectivity index (χ3n) is 8.18. The van der Waals surface area contributed by atoms with Crippen LogP contribution in [0.4, 0.5) is 9.18 Å². The number of hydrogen-bond acceptors (Lipinski definition) is 5. The van der Waals surface area contributed by atoms with Gasteiger partial charge in [-0.15, -0.1) is 0 Å². The van der Waals surface area contributed by atoms with Crippen molar-refractivity contribution in [1.82, 2.24) is 10.3 Å². The van der Waals surface area contributed by atoms with E-state index >= 15 is 0 Å². The van der Waals surface area contributed by atoms with Crippen LogP contribution in [-0.2, 0) is 14.3 Å². The number of amides is 1. The van der Waals surface area contributed by atoms with Gasteiger partial charge in [-0.25, -0.2) is 9.18 Å². The van der Waals surface area contributed by atoms with E-state index in [-0.39, 0.29) is 47.8 Å². The molecule has 2 saturated carbocycles. The minimum absolute atomic E-state index is 0.0679. The Morgan fingerprint density at radius 1 is 1.22 bits per heavy atom. The maximum absolute atomic E-state index is 13.6. The van der Waals surface area contributed by atoms with Crippen molar-refractivity contribution in [2.45, 2.75) is 51.7 Å². The van der Waals surface area contributed by atoms with Gasteiger partial charge in [-0.05, 0) is 87.1 Å². The Morgan fingerprint density at radius 3 is 2.83 bits per heavy atom. The SMILES string of the molecule is CCOC(=O)N[C@H]1CC[C@@H]2[C@H](C1)C[C@@H]1C(=O)O[C@H](C)[C@H]1[C@@H]2C=Cc1ccc(-c2cccc(F)c2)cn1. The van der Waals surface area contributed by atoms with Gasteiger partial charge < -0.3 is 14.8 Å². The zero-order valence-electron chi connectivity index (χ0n) is 20.7. The summed E-state index contributed by atoms with van der Waals surface area (Å²) in [5.74, 6) is 0.629. The van der Waals surface area contributed by atoms with Crippen LogP contribution in [0.2, 0.25) is 0 Å². The molecular weight excluding hydrogens is 459 g/mol. The van der Waals surface area contributed by atoms with E-state index in [9.17, 15) is 14.0 Å². The maximum atomic E-state index is 13.6. The molecule has 1 aromatic heterocycles. The average molecular weight is 493 g/mol. The van der Waals surface area contributed by atoms with Crippen LogP contribution in [0.3, 0.4) is 0 Å². The van der Waals surface area contributed by atoms with Gasteiger partial charge >= 0.3 is 12.1 Å². The van der Waals surface area contributed by atoms with Gasteiger partial charge in [-0.3, -0.25) is 9.78 Å². The van der Waals surface area contributed by atoms with Gasteiger partial charge in [0.15, 0.2) is 0 Å². The van der Waals surface area contributed by atoms with E-state index in [4.69, 9.17) is 9.47 Å². The molecule has 5 rings (SSSR count). The standard InChI is InChI=1S/C29H33FN2O4/c1-3-35-29(34)32-23-10-11-24-20(14-23)15-26-27(17(2)36-28(26)33)25(24)12-9-22-8-7-19(16-31-22)18-5-4-6-21(30)13-18/h4-9,12-13,16-17,20,23-27H,3,10-11,14-15H2,1-2H3,(H,32,34)/t17-,20-,23+,24-,25-,26+,27+/m1/s1. The number of benzene rings is 1. The summed E-state index contributed by atoms with van der Waals surface area (Å²) in [6.07, 6.45) is 9.07. The summed E-state index contributed by atoms with van der Waals surface area (Å²) in [6.45, 7) is 4.15. The second-order valence-corrected chi connectivity index (χ2v) is 10.3. The van der Waals surface area contributed by atoms with E-state index < -0.39 is 0 Å². The van der Waals surface area contributed by atoms with Crippen LogP contribution >= 0.6 is 0 Å². The lowest BCUT2D eigenvalue weighted by molar-refractivity contribution is -0.144. The maximum Gasteiger partial charge on any atom is 0.407 e. The first kappa shape index (κ1) is 24.5. The number of nitrogens with one attached hydrogen (secondary N) is 1. The van der Waals surface area contributed by atoms with Crippen LogP contribution < -0.4 is 5.32 Å². The topological polar surface area (TPSA) is 77.5 Å². The molecule has 1 aliphatic heterocycles. The molecule has 2 aliphatic carbocycles. The Labute approximate surface area is 211 Å². The van der Waals surface area contributed by atoms with Gasteiger partial charge in [0.25, 0.3) is 0 Å². The minimum atomic E-state index is -0.368. The van der Waals surface area contributed by atoms with E-state index in [2.05, 4.69) is 16.4 Å². The van der Waals surface area contributed by atoms with Crippen LogP contribution in [0.25, 0.3) is 17.2 Å². The molecule has 0 bridgehead atoms. The Hall–Kier alpha value is -3.22. The summed E-state index contributed by atoms with van der Waals surface area (Å²) in [7, 11) is 0. The van der Waals surface area contributed by atoms with Crippen molar-refractivity contribution in [2.75, 3.05) is 6.61 Å². The van der Waals surface area contributed by atoms with E-state index in [1.165, 1.54) is 12.1 Å². The number of aromatic nitrogens is 1. The molecule has 190 valence electrons. The van der Waals surface area contributed by atoms with Crippen molar-refractivity contribution in [3.63, 3.8) is 0 Å². The molecule has 6 nitrogen and oxygen atoms in total. The average Bonchev–Trinajstić information content (AvgIpc) is 3.15. The number of pyridine rings is 1. The van der Waals surface area contributed by atoms with Crippen LogP contribution in [-0.4, -0.2) is 35.8 Å². The Balaban J connectivity index is 1.34. The molecule has 3 fully saturated rings. The second-order valence-electron chi connectivity index (χ2n) is 10.3. The fourth-order valence-corrected chi connectivity index (χ4v) is 6.64. The zero-order valence-corrected chi connectivity index (χ0v) is 20.7. The Bertz CT molecular complexity index is 1130. The van der Waals surface area contributed by atoms with Gasteiger partial charge in [0.2, 0.25) is 0 Å². The van der Waals surface area contributed by atoms with Crippen molar-refractivity contribution in [3.05, 3.63) is 60.2 Å². The van der Waals surface area contributed by atoms with Gasteiger partial charge in [-0.2, -0.15) is 0 Å². The summed E-state index contributed by atoms with van der Waals surface area (Å²) in [5, 5.41) is 3.00. The molecule has 1 aromatic carbocycles. The van der Waals surface area contributed by atoms with E-state index in [0.717, 1.165) is 42.5 Å². The second kappa shape index (κ2) is 10.4. The number of allylic oxidation sites excluding steroid dienone is 1. The molecule has 0 radical (unpaired) electrons. The number of carbonyl (C=O) groups excluding carboxylic acids is 2. The summed E-state index contributed by atoms with van der Waals surface area (Å²) in [5.41, 5.74) is 2.48. The number of hydrogen-bond donors (Lipinski definition) is 1. The molecule has 36 heavy (non-hydrogen) atoms. The van der Waals surface area contributed by atoms with Crippen molar-refractivity contribution in [1.29, 1.82) is 0 Å². The lowest BCUT2D eigenvalue weighted by Crippen LogP contribution is -2.48. The highest BCUT2D eigenvalue weighted by Gasteiger charge is 2.54. The van der Waals surface area contributed by atoms with Gasteiger partial charge in [0.1, 0.15) is 11.9 Å². The van der Waals surface area contributed by atoms with E-state index in [1.54, 1.807) is 19.2 Å². The number of nitrogens with zero attached hydrogens (tertiary/aromatic N) is 1. The first-order chi connectivity index (χ1) is 17.4. The number of carbonyl (C=O) groups is 2. The molecule has 1 saturated heterocycles. The van der Waals surface area contributed by atoms with Gasteiger partial charge in [0, 0.05) is 23.7 Å². The highest BCUT2D eigenvalue weighted by Crippen LogP contribution is 2.53. The van der Waals surface area contributed by atoms with Crippen molar-refractivity contribution < 1.29 is 23.5 Å². The molecule has 0 spiro atoms. The predicted molar refractivity (Wildman–Crippen MR) is 134 cm³/mol. The molecule has 3 aliphatic rings. The number of alkyl carbamates (subject to hydrolysis) is 1. The van der Waals surface area contributed by atoms with Crippen LogP contribution in [0.1, 0.15) is 45.2 Å². The van der Waals surface area contributed by atoms with E-state index in [0.29, 0.717) is 18.4 Å². The number of halogens is 1. The Morgan fingerprint density at radius 2 is 2.08 bits per heavy atom. The molecule has 1 N–H and O–H groups in total. The monoisotopic (exact) mass is 492 g/mol. The van der Waals surface area contributed by atoms with Crippen LogP contribution in [0.5, 0.6) is 0 Å². The number of fused-ring (bicyclic) bond motifs is 2. The van der Waals surface area contributed by atoms with Gasteiger partial charge in [0.05, 0.1) is 18.2 Å². The number of ether oxygens (including phenoxy) is 2. The first-order valence-electron chi connectivity index (χ1n) is 13.0. The van der Waals surface area contributed by atoms with Crippen LogP contribution in [0.15, 0.2) is 48.7 Å². The third kappa shape index (κ3) is 5.01.